The van der Waals surface area contributed by atoms with Crippen molar-refractivity contribution in [2.45, 2.75) is 32.7 Å². The number of benzene rings is 1. The van der Waals surface area contributed by atoms with Crippen LogP contribution in [-0.2, 0) is 13.5 Å². The normalized spacial score (nSPS) is 12.6. The maximum Gasteiger partial charge on any atom is 0.0756 e. The Kier molecular flexibility index (Phi) is 4.68. The summed E-state index contributed by atoms with van der Waals surface area (Å²) in [4.78, 5) is 0. The lowest BCUT2D eigenvalue weighted by Crippen LogP contribution is -2.26. The number of aromatic nitrogens is 3. The zero-order valence-electron chi connectivity index (χ0n) is 11.9. The van der Waals surface area contributed by atoms with Crippen LogP contribution < -0.4 is 5.32 Å². The zero-order valence-corrected chi connectivity index (χ0v) is 11.9. The Morgan fingerprint density at radius 1 is 1.26 bits per heavy atom. The molecule has 4 heteroatoms. The lowest BCUT2D eigenvalue weighted by molar-refractivity contribution is 0.492. The van der Waals surface area contributed by atoms with E-state index in [1.54, 1.807) is 0 Å². The van der Waals surface area contributed by atoms with Gasteiger partial charge in [0.1, 0.15) is 0 Å². The quantitative estimate of drug-likeness (QED) is 0.865. The van der Waals surface area contributed by atoms with Gasteiger partial charge in [0, 0.05) is 7.05 Å². The summed E-state index contributed by atoms with van der Waals surface area (Å²) in [5.41, 5.74) is 3.76. The molecule has 0 saturated carbocycles. The summed E-state index contributed by atoms with van der Waals surface area (Å²) in [6, 6.07) is 8.98. The van der Waals surface area contributed by atoms with Crippen LogP contribution in [0, 0.1) is 6.92 Å². The van der Waals surface area contributed by atoms with Gasteiger partial charge in [-0.25, -0.2) is 0 Å². The fraction of sp³-hybridized carbons (Fsp3) is 0.467. The van der Waals surface area contributed by atoms with E-state index in [2.05, 4.69) is 53.7 Å². The molecule has 0 radical (unpaired) electrons. The van der Waals surface area contributed by atoms with Gasteiger partial charge in [-0.2, -0.15) is 0 Å². The van der Waals surface area contributed by atoms with Crippen LogP contribution in [0.5, 0.6) is 0 Å². The van der Waals surface area contributed by atoms with Gasteiger partial charge in [-0.1, -0.05) is 42.0 Å². The highest BCUT2D eigenvalue weighted by Gasteiger charge is 2.15. The molecule has 2 aromatic rings. The lowest BCUT2D eigenvalue weighted by atomic mass is 10.0. The van der Waals surface area contributed by atoms with E-state index in [9.17, 15) is 0 Å². The first-order valence-corrected chi connectivity index (χ1v) is 6.84. The zero-order chi connectivity index (χ0) is 13.7. The van der Waals surface area contributed by atoms with E-state index < -0.39 is 0 Å². The highest BCUT2D eigenvalue weighted by atomic mass is 15.4. The summed E-state index contributed by atoms with van der Waals surface area (Å²) >= 11 is 0. The summed E-state index contributed by atoms with van der Waals surface area (Å²) in [6.07, 6.45) is 3.93. The van der Waals surface area contributed by atoms with E-state index in [1.165, 1.54) is 11.1 Å². The van der Waals surface area contributed by atoms with Crippen LogP contribution in [0.3, 0.4) is 0 Å². The van der Waals surface area contributed by atoms with Crippen LogP contribution in [0.2, 0.25) is 0 Å². The highest BCUT2D eigenvalue weighted by molar-refractivity contribution is 5.23. The van der Waals surface area contributed by atoms with Gasteiger partial charge in [0.15, 0.2) is 0 Å². The Labute approximate surface area is 114 Å². The Morgan fingerprint density at radius 2 is 2.00 bits per heavy atom. The third kappa shape index (κ3) is 3.64. The molecule has 1 atom stereocenters. The van der Waals surface area contributed by atoms with Gasteiger partial charge in [-0.15, -0.1) is 5.10 Å². The molecule has 0 aliphatic carbocycles. The third-order valence-electron chi connectivity index (χ3n) is 3.31. The molecule has 2 rings (SSSR count). The summed E-state index contributed by atoms with van der Waals surface area (Å²) in [7, 11) is 1.94. The van der Waals surface area contributed by atoms with Crippen molar-refractivity contribution in [1.29, 1.82) is 0 Å². The average molecular weight is 258 g/mol. The van der Waals surface area contributed by atoms with E-state index in [0.29, 0.717) is 0 Å². The number of aryl methyl sites for hydroxylation is 2. The fourth-order valence-electron chi connectivity index (χ4n) is 2.17. The van der Waals surface area contributed by atoms with E-state index >= 15 is 0 Å². The second-order valence-electron chi connectivity index (χ2n) is 4.98. The van der Waals surface area contributed by atoms with E-state index in [4.69, 9.17) is 0 Å². The summed E-state index contributed by atoms with van der Waals surface area (Å²) in [5.74, 6) is 0. The molecule has 1 aromatic carbocycles. The predicted octanol–water partition coefficient (Wildman–Crippen LogP) is 2.41. The summed E-state index contributed by atoms with van der Waals surface area (Å²) in [6.45, 7) is 5.29. The number of hydrogen-bond acceptors (Lipinski definition) is 3. The Morgan fingerprint density at radius 3 is 2.58 bits per heavy atom. The Balaban J connectivity index is 2.14. The minimum Gasteiger partial charge on any atom is -0.308 e. The molecule has 0 aliphatic heterocycles. The van der Waals surface area contributed by atoms with Crippen LogP contribution in [0.1, 0.15) is 36.2 Å². The van der Waals surface area contributed by atoms with Crippen molar-refractivity contribution in [2.75, 3.05) is 6.54 Å². The minimum atomic E-state index is 0.266. The average Bonchev–Trinajstić information content (AvgIpc) is 2.83. The maximum absolute atomic E-state index is 4.03. The van der Waals surface area contributed by atoms with Crippen LogP contribution in [0.4, 0.5) is 0 Å². The minimum absolute atomic E-state index is 0.266. The van der Waals surface area contributed by atoms with Crippen molar-refractivity contribution in [2.24, 2.45) is 7.05 Å². The smallest absolute Gasteiger partial charge is 0.0756 e. The molecule has 1 aromatic heterocycles. The van der Waals surface area contributed by atoms with Gasteiger partial charge in [0.2, 0.25) is 0 Å². The SMILES string of the molecule is CCCNC(Cc1ccc(C)cc1)c1cnnn1C. The molecule has 102 valence electrons. The number of hydrogen-bond donors (Lipinski definition) is 1. The van der Waals surface area contributed by atoms with Crippen molar-refractivity contribution in [3.63, 3.8) is 0 Å². The third-order valence-corrected chi connectivity index (χ3v) is 3.31. The molecule has 0 fully saturated rings. The van der Waals surface area contributed by atoms with Gasteiger partial charge in [-0.05, 0) is 31.9 Å². The molecule has 0 amide bonds. The van der Waals surface area contributed by atoms with Gasteiger partial charge in [-0.3, -0.25) is 4.68 Å². The van der Waals surface area contributed by atoms with E-state index in [1.807, 2.05) is 17.9 Å². The first-order valence-electron chi connectivity index (χ1n) is 6.84. The first-order chi connectivity index (χ1) is 9.20. The van der Waals surface area contributed by atoms with Crippen molar-refractivity contribution in [3.8, 4) is 0 Å². The molecule has 1 N–H and O–H groups in total. The maximum atomic E-state index is 4.03. The number of nitrogens with zero attached hydrogens (tertiary/aromatic N) is 3. The van der Waals surface area contributed by atoms with Crippen molar-refractivity contribution >= 4 is 0 Å². The van der Waals surface area contributed by atoms with Gasteiger partial charge >= 0.3 is 0 Å². The van der Waals surface area contributed by atoms with Crippen LogP contribution in [0.25, 0.3) is 0 Å². The standard InChI is InChI=1S/C15H22N4/c1-4-9-16-14(15-11-17-18-19(15)3)10-13-7-5-12(2)6-8-13/h5-8,11,14,16H,4,9-10H2,1-3H3. The molecule has 1 unspecified atom stereocenters. The van der Waals surface area contributed by atoms with Crippen LogP contribution >= 0.6 is 0 Å². The van der Waals surface area contributed by atoms with Gasteiger partial charge < -0.3 is 5.32 Å². The molecule has 19 heavy (non-hydrogen) atoms. The molecule has 0 spiro atoms. The number of nitrogens with one attached hydrogen (secondary N) is 1. The van der Waals surface area contributed by atoms with E-state index in [0.717, 1.165) is 25.1 Å². The second kappa shape index (κ2) is 6.48. The summed E-state index contributed by atoms with van der Waals surface area (Å²) < 4.78 is 1.85. The Hall–Kier alpha value is -1.68. The molecular formula is C15H22N4. The van der Waals surface area contributed by atoms with Crippen molar-refractivity contribution < 1.29 is 0 Å². The lowest BCUT2D eigenvalue weighted by Gasteiger charge is -2.18. The van der Waals surface area contributed by atoms with Crippen LogP contribution in [0.15, 0.2) is 30.5 Å². The van der Waals surface area contributed by atoms with Gasteiger partial charge in [0.25, 0.3) is 0 Å². The van der Waals surface area contributed by atoms with Crippen molar-refractivity contribution in [1.82, 2.24) is 20.3 Å². The molecule has 1 heterocycles. The van der Waals surface area contributed by atoms with Gasteiger partial charge in [0.05, 0.1) is 17.9 Å². The van der Waals surface area contributed by atoms with Crippen molar-refractivity contribution in [3.05, 3.63) is 47.3 Å². The molecule has 0 aliphatic rings. The van der Waals surface area contributed by atoms with Crippen LogP contribution in [-0.4, -0.2) is 21.5 Å². The summed E-state index contributed by atoms with van der Waals surface area (Å²) in [5, 5.41) is 11.6. The van der Waals surface area contributed by atoms with E-state index in [-0.39, 0.29) is 6.04 Å². The Bertz CT molecular complexity index is 501. The topological polar surface area (TPSA) is 42.7 Å². The largest absolute Gasteiger partial charge is 0.308 e. The number of rotatable bonds is 6. The second-order valence-corrected chi connectivity index (χ2v) is 4.98. The molecule has 4 nitrogen and oxygen atoms in total. The molecule has 0 saturated heterocycles. The highest BCUT2D eigenvalue weighted by Crippen LogP contribution is 2.17. The monoisotopic (exact) mass is 258 g/mol. The predicted molar refractivity (Wildman–Crippen MR) is 76.9 cm³/mol. The molecule has 0 bridgehead atoms. The first kappa shape index (κ1) is 13.7. The fourth-order valence-corrected chi connectivity index (χ4v) is 2.17. The molecular weight excluding hydrogens is 236 g/mol.